The van der Waals surface area contributed by atoms with E-state index in [1.165, 1.54) is 6.21 Å². The highest BCUT2D eigenvalue weighted by Gasteiger charge is 2.07. The van der Waals surface area contributed by atoms with E-state index in [1.54, 1.807) is 47.2 Å². The molecule has 0 radical (unpaired) electrons. The number of nitrogens with two attached hydrogens (primary N) is 2. The first-order chi connectivity index (χ1) is 9.61. The van der Waals surface area contributed by atoms with Crippen molar-refractivity contribution in [3.63, 3.8) is 0 Å². The number of rotatable bonds is 3. The summed E-state index contributed by atoms with van der Waals surface area (Å²) in [7, 11) is 0. The fourth-order valence-electron chi connectivity index (χ4n) is 1.76. The first-order valence-electron chi connectivity index (χ1n) is 5.71. The molecular formula is C13H13N5O2. The zero-order chi connectivity index (χ0) is 14.5. The van der Waals surface area contributed by atoms with Crippen LogP contribution < -0.4 is 11.5 Å². The predicted molar refractivity (Wildman–Crippen MR) is 75.3 cm³/mol. The van der Waals surface area contributed by atoms with Gasteiger partial charge in [0, 0.05) is 17.4 Å². The number of aliphatic imine (C=N–C) groups is 1. The fourth-order valence-corrected chi connectivity index (χ4v) is 1.76. The third kappa shape index (κ3) is 2.83. The zero-order valence-electron chi connectivity index (χ0n) is 10.5. The Hall–Kier alpha value is -3.09. The maximum Gasteiger partial charge on any atom is 0.280 e. The molecule has 0 aliphatic heterocycles. The fraction of sp³-hybridized carbons (Fsp3) is 0. The maximum absolute atomic E-state index is 11.8. The number of carbonyl (C=O) groups excluding carboxylic acids is 1. The summed E-state index contributed by atoms with van der Waals surface area (Å²) in [6, 6.07) is 10.3. The van der Waals surface area contributed by atoms with Gasteiger partial charge in [0.15, 0.2) is 5.96 Å². The Kier molecular flexibility index (Phi) is 3.80. The molecule has 1 aromatic carbocycles. The minimum atomic E-state index is -0.517. The quantitative estimate of drug-likeness (QED) is 0.329. The van der Waals surface area contributed by atoms with Crippen LogP contribution in [-0.2, 0) is 0 Å². The summed E-state index contributed by atoms with van der Waals surface area (Å²) >= 11 is 0. The number of guanidine groups is 1. The average Bonchev–Trinajstić information content (AvgIpc) is 2.87. The SMILES string of the molecule is NC(N)=NC(=O)c1cccc(-n2cccc2/C=N\O)c1. The van der Waals surface area contributed by atoms with E-state index in [0.717, 1.165) is 5.69 Å². The van der Waals surface area contributed by atoms with E-state index in [2.05, 4.69) is 10.1 Å². The third-order valence-electron chi connectivity index (χ3n) is 2.57. The molecule has 2 rings (SSSR count). The topological polar surface area (TPSA) is 119 Å². The average molecular weight is 271 g/mol. The lowest BCUT2D eigenvalue weighted by atomic mass is 10.2. The van der Waals surface area contributed by atoms with Crippen LogP contribution in [0.1, 0.15) is 16.1 Å². The van der Waals surface area contributed by atoms with Crippen LogP contribution in [0, 0.1) is 0 Å². The standard InChI is InChI=1S/C13H13N5O2/c14-13(15)17-12(19)9-3-1-4-10(7-9)18-6-2-5-11(18)8-16-20/h1-8,20H,(H4,14,15,17,19)/b16-8-. The van der Waals surface area contributed by atoms with Crippen molar-refractivity contribution in [1.29, 1.82) is 0 Å². The Labute approximate surface area is 114 Å². The van der Waals surface area contributed by atoms with Crippen LogP contribution in [0.3, 0.4) is 0 Å². The van der Waals surface area contributed by atoms with Gasteiger partial charge in [-0.1, -0.05) is 11.2 Å². The molecule has 7 nitrogen and oxygen atoms in total. The smallest absolute Gasteiger partial charge is 0.280 e. The van der Waals surface area contributed by atoms with E-state index < -0.39 is 5.91 Å². The van der Waals surface area contributed by atoms with Crippen molar-refractivity contribution >= 4 is 18.1 Å². The van der Waals surface area contributed by atoms with Crippen LogP contribution in [0.25, 0.3) is 5.69 Å². The van der Waals surface area contributed by atoms with Gasteiger partial charge in [-0.05, 0) is 30.3 Å². The zero-order valence-corrected chi connectivity index (χ0v) is 10.5. The molecule has 0 saturated heterocycles. The summed E-state index contributed by atoms with van der Waals surface area (Å²) in [5.74, 6) is -0.800. The lowest BCUT2D eigenvalue weighted by Crippen LogP contribution is -2.24. The number of carbonyl (C=O) groups is 1. The predicted octanol–water partition coefficient (Wildman–Crippen LogP) is 0.699. The van der Waals surface area contributed by atoms with Crippen LogP contribution in [0.5, 0.6) is 0 Å². The highest BCUT2D eigenvalue weighted by Crippen LogP contribution is 2.14. The summed E-state index contributed by atoms with van der Waals surface area (Å²) in [6.07, 6.45) is 3.08. The largest absolute Gasteiger partial charge is 0.411 e. The van der Waals surface area contributed by atoms with Gasteiger partial charge in [-0.15, -0.1) is 0 Å². The van der Waals surface area contributed by atoms with Gasteiger partial charge in [-0.3, -0.25) is 4.79 Å². The first-order valence-corrected chi connectivity index (χ1v) is 5.71. The second kappa shape index (κ2) is 5.70. The number of amides is 1. The number of hydrogen-bond donors (Lipinski definition) is 3. The number of hydrogen-bond acceptors (Lipinski definition) is 3. The summed E-state index contributed by atoms with van der Waals surface area (Å²) < 4.78 is 1.76. The van der Waals surface area contributed by atoms with Crippen molar-refractivity contribution in [2.24, 2.45) is 21.6 Å². The van der Waals surface area contributed by atoms with E-state index in [-0.39, 0.29) is 5.96 Å². The van der Waals surface area contributed by atoms with Crippen molar-refractivity contribution < 1.29 is 10.0 Å². The number of nitrogens with zero attached hydrogens (tertiary/aromatic N) is 3. The van der Waals surface area contributed by atoms with Gasteiger partial charge in [0.05, 0.1) is 11.9 Å². The van der Waals surface area contributed by atoms with E-state index in [1.807, 2.05) is 0 Å². The van der Waals surface area contributed by atoms with E-state index >= 15 is 0 Å². The van der Waals surface area contributed by atoms with Gasteiger partial charge in [0.2, 0.25) is 0 Å². The normalized spacial score (nSPS) is 10.6. The van der Waals surface area contributed by atoms with Gasteiger partial charge >= 0.3 is 0 Å². The van der Waals surface area contributed by atoms with Crippen LogP contribution in [0.4, 0.5) is 0 Å². The Morgan fingerprint density at radius 3 is 2.75 bits per heavy atom. The molecule has 102 valence electrons. The Morgan fingerprint density at radius 1 is 1.25 bits per heavy atom. The molecule has 0 fully saturated rings. The van der Waals surface area contributed by atoms with E-state index in [0.29, 0.717) is 11.3 Å². The monoisotopic (exact) mass is 271 g/mol. The Balaban J connectivity index is 2.42. The van der Waals surface area contributed by atoms with Crippen molar-refractivity contribution in [1.82, 2.24) is 4.57 Å². The lowest BCUT2D eigenvalue weighted by molar-refractivity contribution is 0.100. The summed E-state index contributed by atoms with van der Waals surface area (Å²) in [5.41, 5.74) is 12.1. The highest BCUT2D eigenvalue weighted by molar-refractivity contribution is 6.02. The highest BCUT2D eigenvalue weighted by atomic mass is 16.4. The first kappa shape index (κ1) is 13.3. The molecule has 0 saturated carbocycles. The molecule has 20 heavy (non-hydrogen) atoms. The molecule has 0 spiro atoms. The van der Waals surface area contributed by atoms with Crippen molar-refractivity contribution in [3.05, 3.63) is 53.9 Å². The van der Waals surface area contributed by atoms with Gasteiger partial charge in [-0.2, -0.15) is 4.99 Å². The summed E-state index contributed by atoms with van der Waals surface area (Å²) in [6.45, 7) is 0. The van der Waals surface area contributed by atoms with Gasteiger partial charge in [-0.25, -0.2) is 0 Å². The minimum absolute atomic E-state index is 0.283. The molecule has 5 N–H and O–H groups in total. The Morgan fingerprint density at radius 2 is 2.05 bits per heavy atom. The van der Waals surface area contributed by atoms with Crippen molar-refractivity contribution in [2.45, 2.75) is 0 Å². The molecule has 7 heteroatoms. The third-order valence-corrected chi connectivity index (χ3v) is 2.57. The number of benzene rings is 1. The second-order valence-electron chi connectivity index (χ2n) is 3.94. The molecule has 1 heterocycles. The van der Waals surface area contributed by atoms with Gasteiger partial charge < -0.3 is 21.2 Å². The molecule has 0 atom stereocenters. The molecule has 0 aliphatic carbocycles. The van der Waals surface area contributed by atoms with E-state index in [4.69, 9.17) is 16.7 Å². The lowest BCUT2D eigenvalue weighted by Gasteiger charge is -2.07. The van der Waals surface area contributed by atoms with Crippen molar-refractivity contribution in [3.8, 4) is 5.69 Å². The van der Waals surface area contributed by atoms with Crippen molar-refractivity contribution in [2.75, 3.05) is 0 Å². The molecule has 2 aromatic rings. The molecular weight excluding hydrogens is 258 g/mol. The second-order valence-corrected chi connectivity index (χ2v) is 3.94. The van der Waals surface area contributed by atoms with E-state index in [9.17, 15) is 4.79 Å². The maximum atomic E-state index is 11.8. The number of oxime groups is 1. The van der Waals surface area contributed by atoms with Crippen LogP contribution in [-0.4, -0.2) is 27.9 Å². The van der Waals surface area contributed by atoms with Crippen LogP contribution >= 0.6 is 0 Å². The molecule has 0 bridgehead atoms. The molecule has 1 aromatic heterocycles. The summed E-state index contributed by atoms with van der Waals surface area (Å²) in [4.78, 5) is 15.3. The van der Waals surface area contributed by atoms with Crippen LogP contribution in [0.2, 0.25) is 0 Å². The molecule has 1 amide bonds. The number of aromatic nitrogens is 1. The van der Waals surface area contributed by atoms with Crippen LogP contribution in [0.15, 0.2) is 52.7 Å². The van der Waals surface area contributed by atoms with Gasteiger partial charge in [0.25, 0.3) is 5.91 Å². The minimum Gasteiger partial charge on any atom is -0.411 e. The van der Waals surface area contributed by atoms with Gasteiger partial charge in [0.1, 0.15) is 0 Å². The summed E-state index contributed by atoms with van der Waals surface area (Å²) in [5, 5.41) is 11.6. The molecule has 0 aliphatic rings. The Bertz CT molecular complexity index is 684. The molecule has 0 unspecified atom stereocenters.